The Labute approximate surface area is 131 Å². The minimum absolute atomic E-state index is 0.0381. The van der Waals surface area contributed by atoms with Crippen molar-refractivity contribution in [3.63, 3.8) is 0 Å². The number of ether oxygens (including phenoxy) is 2. The number of esters is 1. The summed E-state index contributed by atoms with van der Waals surface area (Å²) in [7, 11) is 1.42. The van der Waals surface area contributed by atoms with Crippen LogP contribution in [0.2, 0.25) is 5.02 Å². The van der Waals surface area contributed by atoms with Crippen molar-refractivity contribution >= 4 is 23.3 Å². The third-order valence-electron chi connectivity index (χ3n) is 2.96. The van der Waals surface area contributed by atoms with Crippen LogP contribution in [0.4, 0.5) is 5.69 Å². The Morgan fingerprint density at radius 3 is 2.55 bits per heavy atom. The topological polar surface area (TPSA) is 78.7 Å². The van der Waals surface area contributed by atoms with Gasteiger partial charge in [0.05, 0.1) is 12.0 Å². The van der Waals surface area contributed by atoms with Gasteiger partial charge >= 0.3 is 5.97 Å². The zero-order valence-electron chi connectivity index (χ0n) is 11.8. The monoisotopic (exact) mass is 321 g/mol. The SMILES string of the molecule is COc1cc(Cl)ccc1C(=O)Oc1ccc([N+](=O)[O-])c(C)c1. The van der Waals surface area contributed by atoms with Crippen molar-refractivity contribution < 1.29 is 19.2 Å². The van der Waals surface area contributed by atoms with E-state index in [1.807, 2.05) is 0 Å². The van der Waals surface area contributed by atoms with Gasteiger partial charge in [-0.2, -0.15) is 0 Å². The Balaban J connectivity index is 2.26. The van der Waals surface area contributed by atoms with Crippen LogP contribution in [0.25, 0.3) is 0 Å². The van der Waals surface area contributed by atoms with Gasteiger partial charge in [0.2, 0.25) is 0 Å². The maximum atomic E-state index is 12.2. The van der Waals surface area contributed by atoms with E-state index in [9.17, 15) is 14.9 Å². The van der Waals surface area contributed by atoms with Crippen LogP contribution in [0, 0.1) is 17.0 Å². The van der Waals surface area contributed by atoms with Crippen LogP contribution in [0.3, 0.4) is 0 Å². The van der Waals surface area contributed by atoms with Gasteiger partial charge in [-0.1, -0.05) is 11.6 Å². The summed E-state index contributed by atoms with van der Waals surface area (Å²) in [5.41, 5.74) is 0.574. The zero-order chi connectivity index (χ0) is 16.3. The number of nitro groups is 1. The summed E-state index contributed by atoms with van der Waals surface area (Å²) in [6, 6.07) is 8.61. The Hall–Kier alpha value is -2.60. The predicted molar refractivity (Wildman–Crippen MR) is 80.8 cm³/mol. The van der Waals surface area contributed by atoms with Gasteiger partial charge < -0.3 is 9.47 Å². The van der Waals surface area contributed by atoms with Gasteiger partial charge in [0, 0.05) is 16.7 Å². The normalized spacial score (nSPS) is 10.1. The summed E-state index contributed by atoms with van der Waals surface area (Å²) >= 11 is 5.83. The number of carbonyl (C=O) groups is 1. The fourth-order valence-corrected chi connectivity index (χ4v) is 2.05. The number of nitrogens with zero attached hydrogens (tertiary/aromatic N) is 1. The van der Waals surface area contributed by atoms with E-state index >= 15 is 0 Å². The molecule has 0 aliphatic heterocycles. The van der Waals surface area contributed by atoms with Crippen LogP contribution in [0.5, 0.6) is 11.5 Å². The number of halogens is 1. The molecule has 0 atom stereocenters. The third kappa shape index (κ3) is 3.35. The molecular formula is C15H12ClNO5. The molecule has 0 aliphatic carbocycles. The summed E-state index contributed by atoms with van der Waals surface area (Å²) in [5.74, 6) is -0.136. The molecule has 0 fully saturated rings. The molecular weight excluding hydrogens is 310 g/mol. The lowest BCUT2D eigenvalue weighted by Crippen LogP contribution is -2.10. The maximum Gasteiger partial charge on any atom is 0.347 e. The summed E-state index contributed by atoms with van der Waals surface area (Å²) in [6.45, 7) is 1.57. The van der Waals surface area contributed by atoms with Crippen LogP contribution in [0.1, 0.15) is 15.9 Å². The highest BCUT2D eigenvalue weighted by Gasteiger charge is 2.17. The molecule has 0 spiro atoms. The second-order valence-corrected chi connectivity index (χ2v) is 4.88. The molecule has 7 heteroatoms. The molecule has 0 radical (unpaired) electrons. The molecule has 6 nitrogen and oxygen atoms in total. The quantitative estimate of drug-likeness (QED) is 0.370. The smallest absolute Gasteiger partial charge is 0.347 e. The largest absolute Gasteiger partial charge is 0.496 e. The molecule has 0 heterocycles. The molecule has 0 bridgehead atoms. The highest BCUT2D eigenvalue weighted by Crippen LogP contribution is 2.27. The highest BCUT2D eigenvalue weighted by atomic mass is 35.5. The molecule has 0 N–H and O–H groups in total. The number of nitro benzene ring substituents is 1. The van der Waals surface area contributed by atoms with Gasteiger partial charge in [-0.3, -0.25) is 10.1 Å². The first kappa shape index (κ1) is 15.8. The highest BCUT2D eigenvalue weighted by molar-refractivity contribution is 6.30. The Kier molecular flexibility index (Phi) is 4.62. The van der Waals surface area contributed by atoms with Crippen molar-refractivity contribution in [2.75, 3.05) is 7.11 Å². The van der Waals surface area contributed by atoms with Crippen molar-refractivity contribution in [1.82, 2.24) is 0 Å². The lowest BCUT2D eigenvalue weighted by Gasteiger charge is -2.09. The molecule has 2 rings (SSSR count). The molecule has 0 saturated carbocycles. The van der Waals surface area contributed by atoms with E-state index in [4.69, 9.17) is 21.1 Å². The van der Waals surface area contributed by atoms with Gasteiger partial charge in [-0.25, -0.2) is 4.79 Å². The van der Waals surface area contributed by atoms with Crippen LogP contribution in [-0.4, -0.2) is 18.0 Å². The van der Waals surface area contributed by atoms with E-state index < -0.39 is 10.9 Å². The molecule has 2 aromatic carbocycles. The van der Waals surface area contributed by atoms with E-state index in [2.05, 4.69) is 0 Å². The summed E-state index contributed by atoms with van der Waals surface area (Å²) in [4.78, 5) is 22.4. The van der Waals surface area contributed by atoms with Gasteiger partial charge in [0.15, 0.2) is 0 Å². The first-order valence-corrected chi connectivity index (χ1v) is 6.61. The standard InChI is InChI=1S/C15H12ClNO5/c1-9-7-11(4-6-13(9)17(19)20)22-15(18)12-5-3-10(16)8-14(12)21-2/h3-8H,1-2H3. The summed E-state index contributed by atoms with van der Waals surface area (Å²) in [6.07, 6.45) is 0. The van der Waals surface area contributed by atoms with E-state index in [1.165, 1.54) is 37.4 Å². The van der Waals surface area contributed by atoms with E-state index in [0.717, 1.165) is 0 Å². The number of carbonyl (C=O) groups excluding carboxylic acids is 1. The van der Waals surface area contributed by atoms with E-state index in [0.29, 0.717) is 10.6 Å². The lowest BCUT2D eigenvalue weighted by atomic mass is 10.2. The minimum atomic E-state index is -0.637. The lowest BCUT2D eigenvalue weighted by molar-refractivity contribution is -0.385. The van der Waals surface area contributed by atoms with Crippen LogP contribution >= 0.6 is 11.6 Å². The molecule has 0 aliphatic rings. The van der Waals surface area contributed by atoms with Crippen LogP contribution in [-0.2, 0) is 0 Å². The number of hydrogen-bond acceptors (Lipinski definition) is 5. The maximum absolute atomic E-state index is 12.2. The fraction of sp³-hybridized carbons (Fsp3) is 0.133. The zero-order valence-corrected chi connectivity index (χ0v) is 12.6. The number of hydrogen-bond donors (Lipinski definition) is 0. The molecule has 0 saturated heterocycles. The van der Waals surface area contributed by atoms with Crippen molar-refractivity contribution in [2.45, 2.75) is 6.92 Å². The number of aryl methyl sites for hydroxylation is 1. The van der Waals surface area contributed by atoms with Gasteiger partial charge in [0.25, 0.3) is 5.69 Å². The molecule has 22 heavy (non-hydrogen) atoms. The third-order valence-corrected chi connectivity index (χ3v) is 3.19. The Morgan fingerprint density at radius 1 is 1.23 bits per heavy atom. The number of benzene rings is 2. The minimum Gasteiger partial charge on any atom is -0.496 e. The Morgan fingerprint density at radius 2 is 1.95 bits per heavy atom. The van der Waals surface area contributed by atoms with Crippen molar-refractivity contribution in [3.05, 3.63) is 62.7 Å². The number of methoxy groups -OCH3 is 1. The average Bonchev–Trinajstić information content (AvgIpc) is 2.46. The van der Waals surface area contributed by atoms with Crippen molar-refractivity contribution in [2.24, 2.45) is 0 Å². The predicted octanol–water partition coefficient (Wildman–Crippen LogP) is 3.78. The second-order valence-electron chi connectivity index (χ2n) is 4.44. The molecule has 0 unspecified atom stereocenters. The van der Waals surface area contributed by atoms with Gasteiger partial charge in [-0.05, 0) is 37.3 Å². The second kappa shape index (κ2) is 6.44. The van der Waals surface area contributed by atoms with E-state index in [-0.39, 0.29) is 22.7 Å². The first-order valence-electron chi connectivity index (χ1n) is 6.23. The average molecular weight is 322 g/mol. The number of rotatable bonds is 4. The molecule has 114 valence electrons. The van der Waals surface area contributed by atoms with Crippen LogP contribution < -0.4 is 9.47 Å². The van der Waals surface area contributed by atoms with Crippen molar-refractivity contribution in [3.8, 4) is 11.5 Å². The molecule has 0 aromatic heterocycles. The molecule has 2 aromatic rings. The first-order chi connectivity index (χ1) is 10.4. The van der Waals surface area contributed by atoms with Gasteiger partial charge in [0.1, 0.15) is 17.1 Å². The van der Waals surface area contributed by atoms with Crippen molar-refractivity contribution in [1.29, 1.82) is 0 Å². The summed E-state index contributed by atoms with van der Waals surface area (Å²) < 4.78 is 10.3. The van der Waals surface area contributed by atoms with E-state index in [1.54, 1.807) is 13.0 Å². The van der Waals surface area contributed by atoms with Crippen LogP contribution in [0.15, 0.2) is 36.4 Å². The Bertz CT molecular complexity index is 745. The molecule has 0 amide bonds. The van der Waals surface area contributed by atoms with Gasteiger partial charge in [-0.15, -0.1) is 0 Å². The fourth-order valence-electron chi connectivity index (χ4n) is 1.89. The summed E-state index contributed by atoms with van der Waals surface area (Å²) in [5, 5.41) is 11.2.